The normalized spacial score (nSPS) is 29.9. The number of amides is 3. The Morgan fingerprint density at radius 1 is 0.917 bits per heavy atom. The van der Waals surface area contributed by atoms with Crippen molar-refractivity contribution in [1.82, 2.24) is 9.80 Å². The molecule has 0 aromatic heterocycles. The van der Waals surface area contributed by atoms with Crippen molar-refractivity contribution < 1.29 is 14.4 Å². The van der Waals surface area contributed by atoms with Gasteiger partial charge in [-0.15, -0.1) is 0 Å². The Labute approximate surface area is 140 Å². The van der Waals surface area contributed by atoms with E-state index in [0.29, 0.717) is 19.3 Å². The van der Waals surface area contributed by atoms with Crippen LogP contribution in [0.25, 0.3) is 0 Å². The number of allylic oxidation sites excluding steroid dienone is 1. The van der Waals surface area contributed by atoms with E-state index in [0.717, 1.165) is 16.8 Å². The monoisotopic (exact) mass is 324 g/mol. The van der Waals surface area contributed by atoms with Crippen molar-refractivity contribution in [3.63, 3.8) is 0 Å². The number of likely N-dealkylation sites (tertiary alicyclic amines) is 1. The van der Waals surface area contributed by atoms with E-state index < -0.39 is 5.92 Å². The van der Waals surface area contributed by atoms with Crippen molar-refractivity contribution in [2.75, 3.05) is 14.1 Å². The summed E-state index contributed by atoms with van der Waals surface area (Å²) < 4.78 is 0. The number of carbonyl (C=O) groups is 3. The van der Waals surface area contributed by atoms with Gasteiger partial charge in [0.15, 0.2) is 0 Å². The minimum absolute atomic E-state index is 0.0651. The van der Waals surface area contributed by atoms with Crippen molar-refractivity contribution >= 4 is 17.7 Å². The molecule has 0 spiro atoms. The number of fused-ring (bicyclic) bond motifs is 2. The molecule has 0 N–H and O–H groups in total. The van der Waals surface area contributed by atoms with Crippen LogP contribution in [0.2, 0.25) is 0 Å². The molecule has 1 aliphatic carbocycles. The smallest absolute Gasteiger partial charge is 0.237 e. The van der Waals surface area contributed by atoms with Crippen LogP contribution in [0.5, 0.6) is 0 Å². The zero-order valence-corrected chi connectivity index (χ0v) is 13.9. The summed E-state index contributed by atoms with van der Waals surface area (Å²) in [6.07, 6.45) is 1.64. The van der Waals surface area contributed by atoms with Gasteiger partial charge in [-0.05, 0) is 24.0 Å². The Kier molecular flexibility index (Phi) is 3.34. The van der Waals surface area contributed by atoms with Crippen LogP contribution in [0.3, 0.4) is 0 Å². The molecule has 5 nitrogen and oxygen atoms in total. The summed E-state index contributed by atoms with van der Waals surface area (Å²) in [7, 11) is 3.35. The molecule has 5 heteroatoms. The molecule has 3 unspecified atom stereocenters. The van der Waals surface area contributed by atoms with Gasteiger partial charge >= 0.3 is 0 Å². The largest absolute Gasteiger partial charge is 0.319 e. The first-order valence-electron chi connectivity index (χ1n) is 8.35. The molecule has 24 heavy (non-hydrogen) atoms. The van der Waals surface area contributed by atoms with Gasteiger partial charge < -0.3 is 4.90 Å². The van der Waals surface area contributed by atoms with Crippen molar-refractivity contribution in [1.29, 1.82) is 0 Å². The van der Waals surface area contributed by atoms with Crippen molar-refractivity contribution in [2.45, 2.75) is 25.2 Å². The van der Waals surface area contributed by atoms with Gasteiger partial charge in [-0.2, -0.15) is 0 Å². The molecule has 124 valence electrons. The summed E-state index contributed by atoms with van der Waals surface area (Å²) in [5, 5.41) is 0. The average molecular weight is 324 g/mol. The van der Waals surface area contributed by atoms with Gasteiger partial charge in [0, 0.05) is 32.1 Å². The first-order chi connectivity index (χ1) is 11.5. The molecule has 4 rings (SSSR count). The first-order valence-corrected chi connectivity index (χ1v) is 8.35. The van der Waals surface area contributed by atoms with Gasteiger partial charge in [0.25, 0.3) is 0 Å². The van der Waals surface area contributed by atoms with E-state index in [1.165, 1.54) is 4.90 Å². The Bertz CT molecular complexity index is 768. The Morgan fingerprint density at radius 2 is 1.62 bits per heavy atom. The molecular weight excluding hydrogens is 304 g/mol. The number of benzene rings is 1. The van der Waals surface area contributed by atoms with E-state index in [4.69, 9.17) is 0 Å². The molecule has 3 aliphatic rings. The lowest BCUT2D eigenvalue weighted by atomic mass is 9.67. The van der Waals surface area contributed by atoms with Crippen LogP contribution in [0.15, 0.2) is 41.6 Å². The molecule has 2 aliphatic heterocycles. The van der Waals surface area contributed by atoms with E-state index >= 15 is 0 Å². The lowest BCUT2D eigenvalue weighted by molar-refractivity contribution is -0.138. The van der Waals surface area contributed by atoms with Gasteiger partial charge in [0.1, 0.15) is 0 Å². The van der Waals surface area contributed by atoms with Gasteiger partial charge in [0.2, 0.25) is 17.7 Å². The maximum absolute atomic E-state index is 12.8. The van der Waals surface area contributed by atoms with Crippen LogP contribution in [0, 0.1) is 11.8 Å². The summed E-state index contributed by atoms with van der Waals surface area (Å²) in [6.45, 7) is 0. The Balaban J connectivity index is 1.87. The second-order valence-corrected chi connectivity index (χ2v) is 6.88. The molecule has 2 heterocycles. The fourth-order valence-electron chi connectivity index (χ4n) is 4.49. The Morgan fingerprint density at radius 3 is 2.33 bits per heavy atom. The standard InChI is InChI=1S/C19H20N2O3/c1-20-14-10-13(11-6-4-3-5-7-11)17-16(12(14)8-9-15(20)22)18(23)21(2)19(17)24/h3-7,13,16-17H,8-10H2,1-2H3. The lowest BCUT2D eigenvalue weighted by Crippen LogP contribution is -2.40. The highest BCUT2D eigenvalue weighted by Gasteiger charge is 2.55. The molecule has 1 fully saturated rings. The first kappa shape index (κ1) is 15.1. The molecule has 3 atom stereocenters. The summed E-state index contributed by atoms with van der Waals surface area (Å²) >= 11 is 0. The van der Waals surface area contributed by atoms with E-state index in [-0.39, 0.29) is 29.6 Å². The summed E-state index contributed by atoms with van der Waals surface area (Å²) in [5.41, 5.74) is 3.00. The van der Waals surface area contributed by atoms with E-state index in [9.17, 15) is 14.4 Å². The second-order valence-electron chi connectivity index (χ2n) is 6.88. The zero-order valence-electron chi connectivity index (χ0n) is 13.9. The number of hydrogen-bond donors (Lipinski definition) is 0. The van der Waals surface area contributed by atoms with Gasteiger partial charge in [0.05, 0.1) is 11.8 Å². The van der Waals surface area contributed by atoms with Gasteiger partial charge in [-0.1, -0.05) is 30.3 Å². The number of imide groups is 1. The van der Waals surface area contributed by atoms with Gasteiger partial charge in [-0.25, -0.2) is 0 Å². The third-order valence-electron chi connectivity index (χ3n) is 5.78. The molecular formula is C19H20N2O3. The topological polar surface area (TPSA) is 57.7 Å². The van der Waals surface area contributed by atoms with Crippen LogP contribution in [0.4, 0.5) is 0 Å². The number of carbonyl (C=O) groups excluding carboxylic acids is 3. The van der Waals surface area contributed by atoms with Crippen molar-refractivity contribution in [2.24, 2.45) is 11.8 Å². The maximum atomic E-state index is 12.8. The predicted molar refractivity (Wildman–Crippen MR) is 87.6 cm³/mol. The third kappa shape index (κ3) is 1.97. The summed E-state index contributed by atoms with van der Waals surface area (Å²) in [5.74, 6) is -0.947. The molecule has 0 saturated carbocycles. The molecule has 0 radical (unpaired) electrons. The van der Waals surface area contributed by atoms with Crippen LogP contribution >= 0.6 is 0 Å². The van der Waals surface area contributed by atoms with Crippen LogP contribution in [-0.4, -0.2) is 41.6 Å². The van der Waals surface area contributed by atoms with E-state index in [1.54, 1.807) is 19.0 Å². The minimum Gasteiger partial charge on any atom is -0.319 e. The maximum Gasteiger partial charge on any atom is 0.237 e. The zero-order chi connectivity index (χ0) is 17.0. The highest BCUT2D eigenvalue weighted by Crippen LogP contribution is 2.51. The quantitative estimate of drug-likeness (QED) is 0.742. The van der Waals surface area contributed by atoms with Crippen LogP contribution < -0.4 is 0 Å². The molecule has 1 aromatic carbocycles. The van der Waals surface area contributed by atoms with Crippen molar-refractivity contribution in [3.8, 4) is 0 Å². The predicted octanol–water partition coefficient (Wildman–Crippen LogP) is 1.91. The number of rotatable bonds is 1. The SMILES string of the molecule is CN1C(=O)C2C3=C(CC(c4ccccc4)C2C1=O)N(C)C(=O)CC3. The van der Waals surface area contributed by atoms with Crippen LogP contribution in [0.1, 0.15) is 30.7 Å². The molecule has 0 bridgehead atoms. The van der Waals surface area contributed by atoms with E-state index in [2.05, 4.69) is 0 Å². The average Bonchev–Trinajstić information content (AvgIpc) is 2.83. The molecule has 1 aromatic rings. The number of nitrogens with zero attached hydrogens (tertiary/aromatic N) is 2. The fourth-order valence-corrected chi connectivity index (χ4v) is 4.49. The summed E-state index contributed by atoms with van der Waals surface area (Å²) in [6, 6.07) is 9.87. The third-order valence-corrected chi connectivity index (χ3v) is 5.78. The second kappa shape index (κ2) is 5.30. The Hall–Kier alpha value is -2.43. The van der Waals surface area contributed by atoms with Crippen molar-refractivity contribution in [3.05, 3.63) is 47.2 Å². The highest BCUT2D eigenvalue weighted by molar-refractivity contribution is 6.07. The fraction of sp³-hybridized carbons (Fsp3) is 0.421. The van der Waals surface area contributed by atoms with Crippen LogP contribution in [-0.2, 0) is 14.4 Å². The summed E-state index contributed by atoms with van der Waals surface area (Å²) in [4.78, 5) is 40.6. The van der Waals surface area contributed by atoms with E-state index in [1.807, 2.05) is 30.3 Å². The molecule has 1 saturated heterocycles. The minimum atomic E-state index is -0.410. The molecule has 3 amide bonds. The highest BCUT2D eigenvalue weighted by atomic mass is 16.2. The lowest BCUT2D eigenvalue weighted by Gasteiger charge is -2.40. The number of hydrogen-bond acceptors (Lipinski definition) is 3. The van der Waals surface area contributed by atoms with Gasteiger partial charge in [-0.3, -0.25) is 19.3 Å².